The normalized spacial score (nSPS) is 11.4. The summed E-state index contributed by atoms with van der Waals surface area (Å²) in [6, 6.07) is 13.9. The molecule has 1 aromatic heterocycles. The number of benzene rings is 3. The molecule has 4 aromatic rings. The van der Waals surface area contributed by atoms with Crippen LogP contribution in [0.15, 0.2) is 70.3 Å². The highest BCUT2D eigenvalue weighted by Crippen LogP contribution is 2.26. The Hall–Kier alpha value is -5.10. The maximum atomic E-state index is 13.4. The second-order valence-corrected chi connectivity index (χ2v) is 9.75. The van der Waals surface area contributed by atoms with Gasteiger partial charge in [-0.15, -0.1) is 0 Å². The van der Waals surface area contributed by atoms with Crippen molar-refractivity contribution < 1.29 is 29.6 Å². The number of nitrogens with zero attached hydrogens (tertiary/aromatic N) is 2. The monoisotopic (exact) mass is 606 g/mol. The van der Waals surface area contributed by atoms with Crippen molar-refractivity contribution in [1.82, 2.24) is 19.8 Å². The van der Waals surface area contributed by atoms with Crippen molar-refractivity contribution in [3.63, 3.8) is 0 Å². The number of carboxylic acids is 1. The Labute approximate surface area is 254 Å². The van der Waals surface area contributed by atoms with Crippen LogP contribution in [0.1, 0.15) is 31.4 Å². The molecule has 1 unspecified atom stereocenters. The first kappa shape index (κ1) is 33.4. The fraction of sp³-hybridized carbons (Fsp3) is 0.312. The molecule has 0 aliphatic rings. The first-order valence-electron chi connectivity index (χ1n) is 14.2. The minimum atomic E-state index is -1.31. The van der Waals surface area contributed by atoms with Gasteiger partial charge in [-0.3, -0.25) is 14.2 Å². The van der Waals surface area contributed by atoms with Crippen LogP contribution in [0.2, 0.25) is 0 Å². The molecule has 1 atom stereocenters. The minimum Gasteiger partial charge on any atom is -0.508 e. The highest BCUT2D eigenvalue weighted by atomic mass is 16.5. The lowest BCUT2D eigenvalue weighted by molar-refractivity contribution is -0.141. The zero-order valence-electron chi connectivity index (χ0n) is 25.2. The summed E-state index contributed by atoms with van der Waals surface area (Å²) in [6.45, 7) is 5.25. The van der Waals surface area contributed by atoms with Crippen molar-refractivity contribution >= 4 is 22.8 Å². The molecular formula is C32H38N4O8. The van der Waals surface area contributed by atoms with Crippen molar-refractivity contribution in [2.45, 2.75) is 39.2 Å². The second-order valence-electron chi connectivity index (χ2n) is 9.75. The lowest BCUT2D eigenvalue weighted by atomic mass is 10.0. The maximum absolute atomic E-state index is 13.4. The molecule has 0 spiro atoms. The number of aryl methyl sites for hydroxylation is 1. The molecule has 0 aliphatic heterocycles. The number of ether oxygens (including phenoxy) is 1. The maximum Gasteiger partial charge on any atom is 0.335 e. The number of nitrogens with one attached hydrogen (secondary N) is 2. The summed E-state index contributed by atoms with van der Waals surface area (Å²) >= 11 is 0. The van der Waals surface area contributed by atoms with E-state index in [2.05, 4.69) is 10.6 Å². The van der Waals surface area contributed by atoms with E-state index in [1.165, 1.54) is 34.9 Å². The third kappa shape index (κ3) is 7.84. The second kappa shape index (κ2) is 15.4. The fourth-order valence-electron chi connectivity index (χ4n) is 4.56. The van der Waals surface area contributed by atoms with Crippen LogP contribution >= 0.6 is 0 Å². The van der Waals surface area contributed by atoms with E-state index in [0.717, 1.165) is 17.5 Å². The Morgan fingerprint density at radius 2 is 1.64 bits per heavy atom. The van der Waals surface area contributed by atoms with Gasteiger partial charge in [-0.2, -0.15) is 0 Å². The van der Waals surface area contributed by atoms with Gasteiger partial charge in [0, 0.05) is 19.0 Å². The number of carboxylic acid groups (broad SMARTS) is 1. The number of aromatic nitrogens is 2. The summed E-state index contributed by atoms with van der Waals surface area (Å²) in [7, 11) is 3.42. The Bertz CT molecular complexity index is 1710. The van der Waals surface area contributed by atoms with E-state index in [0.29, 0.717) is 28.8 Å². The molecule has 0 fully saturated rings. The number of hydrogen-bond donors (Lipinski definition) is 5. The van der Waals surface area contributed by atoms with Crippen LogP contribution in [0, 0.1) is 0 Å². The molecule has 12 nitrogen and oxygen atoms in total. The van der Waals surface area contributed by atoms with E-state index in [1.807, 2.05) is 20.9 Å². The fourth-order valence-corrected chi connectivity index (χ4v) is 4.56. The molecule has 0 saturated carbocycles. The number of aliphatic carboxylic acids is 1. The lowest BCUT2D eigenvalue weighted by Crippen LogP contribution is -2.43. The summed E-state index contributed by atoms with van der Waals surface area (Å²) in [4.78, 5) is 50.9. The summed E-state index contributed by atoms with van der Waals surface area (Å²) in [5.74, 6) is -2.03. The van der Waals surface area contributed by atoms with Gasteiger partial charge < -0.3 is 30.7 Å². The first-order valence-corrected chi connectivity index (χ1v) is 14.2. The number of hydrogen-bond acceptors (Lipinski definition) is 8. The van der Waals surface area contributed by atoms with Crippen LogP contribution < -0.4 is 26.6 Å². The van der Waals surface area contributed by atoms with Gasteiger partial charge in [0.1, 0.15) is 23.3 Å². The molecule has 12 heteroatoms. The lowest BCUT2D eigenvalue weighted by Gasteiger charge is -2.16. The first-order chi connectivity index (χ1) is 21.1. The van der Waals surface area contributed by atoms with E-state index in [9.17, 15) is 34.5 Å². The standard InChI is InChI=1S/C30H32N4O8.C2H6/c1-31-13-4-14-42-20-11-12-24-21(16-20)28(38)34(30(41)33(24)2)19-9-7-18(8-10-19)15-23(29(39)40)32-27(37)17-22-25(35)5-3-6-26(22)36;1-2/h3,5-12,16,23,31,35-36H,4,13-15,17H2,1-2H3,(H,32,37)(H,39,40);1-2H3. The van der Waals surface area contributed by atoms with Crippen LogP contribution in [0.5, 0.6) is 17.2 Å². The molecule has 4 rings (SSSR count). The van der Waals surface area contributed by atoms with Crippen molar-refractivity contribution in [2.75, 3.05) is 20.2 Å². The number of phenolic OH excluding ortho intramolecular Hbond substituents is 2. The molecule has 0 saturated heterocycles. The third-order valence-electron chi connectivity index (χ3n) is 6.81. The van der Waals surface area contributed by atoms with E-state index >= 15 is 0 Å². The van der Waals surface area contributed by atoms with Gasteiger partial charge in [0.25, 0.3) is 5.56 Å². The largest absolute Gasteiger partial charge is 0.508 e. The van der Waals surface area contributed by atoms with E-state index in [-0.39, 0.29) is 29.2 Å². The molecule has 3 aromatic carbocycles. The number of fused-ring (bicyclic) bond motifs is 1. The molecule has 0 radical (unpaired) electrons. The molecule has 1 amide bonds. The van der Waals surface area contributed by atoms with Crippen molar-refractivity contribution in [3.05, 3.63) is 92.6 Å². The average Bonchev–Trinajstić information content (AvgIpc) is 3.01. The van der Waals surface area contributed by atoms with Crippen LogP contribution in [-0.4, -0.2) is 62.6 Å². The van der Waals surface area contributed by atoms with Gasteiger partial charge in [-0.25, -0.2) is 14.2 Å². The SMILES string of the molecule is CC.CNCCCOc1ccc2c(c1)c(=O)n(-c1ccc(CC(NC(=O)Cc3c(O)cccc3O)C(=O)O)cc1)c(=O)n2C. The zero-order valence-corrected chi connectivity index (χ0v) is 25.2. The smallest absolute Gasteiger partial charge is 0.335 e. The molecular weight excluding hydrogens is 568 g/mol. The molecule has 1 heterocycles. The average molecular weight is 607 g/mol. The van der Waals surface area contributed by atoms with Crippen LogP contribution in [-0.2, 0) is 29.5 Å². The van der Waals surface area contributed by atoms with Crippen molar-refractivity contribution in [3.8, 4) is 22.9 Å². The van der Waals surface area contributed by atoms with Gasteiger partial charge in [0.2, 0.25) is 5.91 Å². The van der Waals surface area contributed by atoms with Gasteiger partial charge in [-0.1, -0.05) is 32.0 Å². The van der Waals surface area contributed by atoms with Crippen molar-refractivity contribution in [2.24, 2.45) is 7.05 Å². The predicted octanol–water partition coefficient (Wildman–Crippen LogP) is 2.47. The Balaban J connectivity index is 0.00000259. The summed E-state index contributed by atoms with van der Waals surface area (Å²) in [6.07, 6.45) is 0.274. The topological polar surface area (TPSA) is 172 Å². The molecule has 0 bridgehead atoms. The van der Waals surface area contributed by atoms with Gasteiger partial charge in [0.05, 0.1) is 29.6 Å². The minimum absolute atomic E-state index is 0.0154. The molecule has 0 aliphatic carbocycles. The number of aromatic hydroxyl groups is 2. The van der Waals surface area contributed by atoms with E-state index in [4.69, 9.17) is 4.74 Å². The van der Waals surface area contributed by atoms with Gasteiger partial charge in [-0.05, 0) is 68.0 Å². The quantitative estimate of drug-likeness (QED) is 0.152. The van der Waals surface area contributed by atoms with E-state index in [1.54, 1.807) is 37.4 Å². The number of rotatable bonds is 12. The Morgan fingerprint density at radius 3 is 2.25 bits per heavy atom. The number of phenols is 2. The Kier molecular flexibility index (Phi) is 11.7. The zero-order chi connectivity index (χ0) is 32.4. The van der Waals surface area contributed by atoms with Crippen LogP contribution in [0.3, 0.4) is 0 Å². The highest BCUT2D eigenvalue weighted by Gasteiger charge is 2.22. The summed E-state index contributed by atoms with van der Waals surface area (Å²) in [5.41, 5.74) is 0.184. The number of carbonyl (C=O) groups excluding carboxylic acids is 1. The van der Waals surface area contributed by atoms with E-state index < -0.39 is 35.6 Å². The van der Waals surface area contributed by atoms with Crippen LogP contribution in [0.25, 0.3) is 16.6 Å². The van der Waals surface area contributed by atoms with Crippen LogP contribution in [0.4, 0.5) is 0 Å². The predicted molar refractivity (Wildman–Crippen MR) is 167 cm³/mol. The van der Waals surface area contributed by atoms with Gasteiger partial charge in [0.15, 0.2) is 0 Å². The molecule has 234 valence electrons. The number of amides is 1. The molecule has 5 N–H and O–H groups in total. The summed E-state index contributed by atoms with van der Waals surface area (Å²) < 4.78 is 8.16. The highest BCUT2D eigenvalue weighted by molar-refractivity contribution is 5.86. The summed E-state index contributed by atoms with van der Waals surface area (Å²) in [5, 5.41) is 35.2. The van der Waals surface area contributed by atoms with Gasteiger partial charge >= 0.3 is 11.7 Å². The number of carbonyl (C=O) groups is 2. The van der Waals surface area contributed by atoms with Crippen molar-refractivity contribution in [1.29, 1.82) is 0 Å². The Morgan fingerprint density at radius 1 is 0.977 bits per heavy atom. The molecule has 44 heavy (non-hydrogen) atoms. The third-order valence-corrected chi connectivity index (χ3v) is 6.81.